The maximum Gasteiger partial charge on any atom is 0.177 e. The third-order valence-corrected chi connectivity index (χ3v) is 2.13. The van der Waals surface area contributed by atoms with E-state index < -0.39 is 5.82 Å². The van der Waals surface area contributed by atoms with Crippen molar-refractivity contribution in [2.24, 2.45) is 0 Å². The molecule has 0 saturated heterocycles. The van der Waals surface area contributed by atoms with Gasteiger partial charge >= 0.3 is 0 Å². The van der Waals surface area contributed by atoms with Crippen molar-refractivity contribution in [3.8, 4) is 12.3 Å². The lowest BCUT2D eigenvalue weighted by Gasteiger charge is -2.00. The van der Waals surface area contributed by atoms with Gasteiger partial charge in [0.05, 0.1) is 16.5 Å². The summed E-state index contributed by atoms with van der Waals surface area (Å²) in [4.78, 5) is 11.2. The molecule has 0 aliphatic carbocycles. The molecule has 0 aromatic heterocycles. The number of ketones is 1. The van der Waals surface area contributed by atoms with Gasteiger partial charge in [0.25, 0.3) is 0 Å². The van der Waals surface area contributed by atoms with Crippen LogP contribution in [0.3, 0.4) is 0 Å². The minimum absolute atomic E-state index is 0.0346. The Morgan fingerprint density at radius 2 is 2.31 bits per heavy atom. The van der Waals surface area contributed by atoms with Crippen LogP contribution in [0, 0.1) is 18.2 Å². The van der Waals surface area contributed by atoms with E-state index in [1.807, 2.05) is 0 Å². The molecule has 0 unspecified atom stereocenters. The molecule has 1 rings (SSSR count). The van der Waals surface area contributed by atoms with Crippen molar-refractivity contribution in [2.45, 2.75) is 6.42 Å². The molecule has 0 spiro atoms. The van der Waals surface area contributed by atoms with Gasteiger partial charge in [-0.15, -0.1) is 6.42 Å². The first-order valence-corrected chi connectivity index (χ1v) is 4.36. The third kappa shape index (κ3) is 2.16. The maximum atomic E-state index is 13.2. The molecule has 1 aromatic carbocycles. The second-order valence-corrected chi connectivity index (χ2v) is 3.26. The standard InChI is InChI=1S/C10H6BrFO/c1-2-4-9(13)7-5-3-6-8(11)10(7)12/h1,3,5-6H,4H2. The zero-order chi connectivity index (χ0) is 9.84. The number of benzene rings is 1. The van der Waals surface area contributed by atoms with Crippen LogP contribution in [0.5, 0.6) is 0 Å². The molecule has 0 atom stereocenters. The zero-order valence-electron chi connectivity index (χ0n) is 6.68. The SMILES string of the molecule is C#CCC(=O)c1cccc(Br)c1F. The molecule has 0 bridgehead atoms. The fourth-order valence-corrected chi connectivity index (χ4v) is 1.27. The number of carbonyl (C=O) groups excluding carboxylic acids is 1. The largest absolute Gasteiger partial charge is 0.293 e. The Labute approximate surface area is 84.1 Å². The molecule has 0 fully saturated rings. The van der Waals surface area contributed by atoms with Crippen LogP contribution in [-0.2, 0) is 0 Å². The Balaban J connectivity index is 3.09. The summed E-state index contributed by atoms with van der Waals surface area (Å²) in [6, 6.07) is 4.54. The minimum Gasteiger partial charge on any atom is -0.293 e. The van der Waals surface area contributed by atoms with Crippen LogP contribution in [0.25, 0.3) is 0 Å². The summed E-state index contributed by atoms with van der Waals surface area (Å²) in [5, 5.41) is 0. The van der Waals surface area contributed by atoms with Crippen molar-refractivity contribution >= 4 is 21.7 Å². The molecule has 3 heteroatoms. The van der Waals surface area contributed by atoms with Crippen molar-refractivity contribution in [2.75, 3.05) is 0 Å². The van der Waals surface area contributed by atoms with E-state index in [4.69, 9.17) is 6.42 Å². The van der Waals surface area contributed by atoms with Crippen molar-refractivity contribution < 1.29 is 9.18 Å². The van der Waals surface area contributed by atoms with Crippen LogP contribution in [0.1, 0.15) is 16.8 Å². The first-order valence-electron chi connectivity index (χ1n) is 3.57. The number of Topliss-reactive ketones (excluding diaryl/α,β-unsaturated/α-hetero) is 1. The van der Waals surface area contributed by atoms with Gasteiger partial charge in [-0.05, 0) is 28.1 Å². The van der Waals surface area contributed by atoms with E-state index in [1.54, 1.807) is 6.07 Å². The van der Waals surface area contributed by atoms with E-state index in [-0.39, 0.29) is 22.2 Å². The lowest BCUT2D eigenvalue weighted by Crippen LogP contribution is -2.01. The molecule has 1 aromatic rings. The first kappa shape index (κ1) is 9.94. The van der Waals surface area contributed by atoms with Gasteiger partial charge < -0.3 is 0 Å². The monoisotopic (exact) mass is 240 g/mol. The lowest BCUT2D eigenvalue weighted by molar-refractivity contribution is 0.0994. The zero-order valence-corrected chi connectivity index (χ0v) is 8.27. The van der Waals surface area contributed by atoms with E-state index in [0.717, 1.165) is 0 Å². The van der Waals surface area contributed by atoms with Gasteiger partial charge in [0.1, 0.15) is 5.82 Å². The Hall–Kier alpha value is -1.14. The molecule has 0 saturated carbocycles. The molecule has 0 N–H and O–H groups in total. The lowest BCUT2D eigenvalue weighted by atomic mass is 10.1. The molecule has 66 valence electrons. The van der Waals surface area contributed by atoms with Crippen molar-refractivity contribution in [3.63, 3.8) is 0 Å². The number of rotatable bonds is 2. The van der Waals surface area contributed by atoms with E-state index >= 15 is 0 Å². The van der Waals surface area contributed by atoms with E-state index in [1.165, 1.54) is 12.1 Å². The summed E-state index contributed by atoms with van der Waals surface area (Å²) >= 11 is 2.99. The normalized spacial score (nSPS) is 9.31. The van der Waals surface area contributed by atoms with Gasteiger partial charge in [-0.25, -0.2) is 4.39 Å². The van der Waals surface area contributed by atoms with Gasteiger partial charge in [-0.2, -0.15) is 0 Å². The summed E-state index contributed by atoms with van der Waals surface area (Å²) in [5.41, 5.74) is 0.0346. The Bertz CT molecular complexity index is 379. The summed E-state index contributed by atoms with van der Waals surface area (Å²) < 4.78 is 13.5. The highest BCUT2D eigenvalue weighted by atomic mass is 79.9. The molecule has 0 amide bonds. The number of carbonyl (C=O) groups is 1. The van der Waals surface area contributed by atoms with Crippen LogP contribution >= 0.6 is 15.9 Å². The van der Waals surface area contributed by atoms with Crippen LogP contribution in [0.15, 0.2) is 22.7 Å². The molecule has 0 heterocycles. The minimum atomic E-state index is -0.553. The van der Waals surface area contributed by atoms with Crippen LogP contribution < -0.4 is 0 Å². The number of hydrogen-bond acceptors (Lipinski definition) is 1. The van der Waals surface area contributed by atoms with Gasteiger partial charge in [0.2, 0.25) is 0 Å². The van der Waals surface area contributed by atoms with E-state index in [0.29, 0.717) is 0 Å². The molecule has 0 aliphatic heterocycles. The Morgan fingerprint density at radius 3 is 2.92 bits per heavy atom. The average molecular weight is 241 g/mol. The molecule has 1 nitrogen and oxygen atoms in total. The predicted molar refractivity (Wildman–Crippen MR) is 51.9 cm³/mol. The van der Waals surface area contributed by atoms with Gasteiger partial charge in [0, 0.05) is 0 Å². The first-order chi connectivity index (χ1) is 6.16. The number of halogens is 2. The van der Waals surface area contributed by atoms with E-state index in [2.05, 4.69) is 21.9 Å². The highest BCUT2D eigenvalue weighted by Gasteiger charge is 2.11. The highest BCUT2D eigenvalue weighted by Crippen LogP contribution is 2.19. The molecule has 13 heavy (non-hydrogen) atoms. The van der Waals surface area contributed by atoms with E-state index in [9.17, 15) is 9.18 Å². The summed E-state index contributed by atoms with van der Waals surface area (Å²) in [5.74, 6) is 1.25. The van der Waals surface area contributed by atoms with Crippen LogP contribution in [-0.4, -0.2) is 5.78 Å². The molecular weight excluding hydrogens is 235 g/mol. The average Bonchev–Trinajstić information content (AvgIpc) is 2.10. The fraction of sp³-hybridized carbons (Fsp3) is 0.100. The summed E-state index contributed by atoms with van der Waals surface area (Å²) in [6.45, 7) is 0. The second-order valence-electron chi connectivity index (χ2n) is 2.41. The second kappa shape index (κ2) is 4.20. The van der Waals surface area contributed by atoms with Gasteiger partial charge in [-0.3, -0.25) is 4.79 Å². The topological polar surface area (TPSA) is 17.1 Å². The van der Waals surface area contributed by atoms with Gasteiger partial charge in [0.15, 0.2) is 5.78 Å². The molecule has 0 aliphatic rings. The summed E-state index contributed by atoms with van der Waals surface area (Å²) in [7, 11) is 0. The maximum absolute atomic E-state index is 13.2. The quantitative estimate of drug-likeness (QED) is 0.574. The van der Waals surface area contributed by atoms with Crippen LogP contribution in [0.2, 0.25) is 0 Å². The predicted octanol–water partition coefficient (Wildman–Crippen LogP) is 2.79. The Morgan fingerprint density at radius 1 is 1.62 bits per heavy atom. The molecular formula is C10H6BrFO. The van der Waals surface area contributed by atoms with Crippen molar-refractivity contribution in [1.82, 2.24) is 0 Å². The van der Waals surface area contributed by atoms with Crippen molar-refractivity contribution in [3.05, 3.63) is 34.1 Å². The Kier molecular flexibility index (Phi) is 3.21. The van der Waals surface area contributed by atoms with Crippen molar-refractivity contribution in [1.29, 1.82) is 0 Å². The third-order valence-electron chi connectivity index (χ3n) is 1.51. The smallest absolute Gasteiger partial charge is 0.177 e. The summed E-state index contributed by atoms with van der Waals surface area (Å²) in [6.07, 6.45) is 4.87. The molecule has 0 radical (unpaired) electrons. The number of terminal acetylenes is 1. The van der Waals surface area contributed by atoms with Gasteiger partial charge in [-0.1, -0.05) is 12.0 Å². The highest BCUT2D eigenvalue weighted by molar-refractivity contribution is 9.10. The number of hydrogen-bond donors (Lipinski definition) is 0. The van der Waals surface area contributed by atoms with Crippen LogP contribution in [0.4, 0.5) is 4.39 Å². The fourth-order valence-electron chi connectivity index (χ4n) is 0.907.